The zero-order valence-corrected chi connectivity index (χ0v) is 22.7. The lowest BCUT2D eigenvalue weighted by molar-refractivity contribution is 0.103. The first-order chi connectivity index (χ1) is 20.3. The summed E-state index contributed by atoms with van der Waals surface area (Å²) in [6.45, 7) is 0. The molecule has 0 aromatic heterocycles. The molecular formula is C39H29NO. The lowest BCUT2D eigenvalue weighted by Crippen LogP contribution is -1.99. The van der Waals surface area contributed by atoms with Crippen LogP contribution in [-0.2, 0) is 12.8 Å². The Balaban J connectivity index is 0.000000167. The highest BCUT2D eigenvalue weighted by Gasteiger charge is 2.23. The minimum Gasteiger partial charge on any atom is -0.355 e. The molecule has 0 fully saturated rings. The van der Waals surface area contributed by atoms with Gasteiger partial charge >= 0.3 is 0 Å². The predicted molar refractivity (Wildman–Crippen MR) is 169 cm³/mol. The molecular weight excluding hydrogens is 498 g/mol. The third-order valence-electron chi connectivity index (χ3n) is 8.04. The number of rotatable bonds is 4. The minimum absolute atomic E-state index is 0.0752. The van der Waals surface area contributed by atoms with E-state index in [1.807, 2.05) is 60.7 Å². The second kappa shape index (κ2) is 10.7. The Bertz CT molecular complexity index is 1740. The van der Waals surface area contributed by atoms with Gasteiger partial charge < -0.3 is 5.32 Å². The van der Waals surface area contributed by atoms with Crippen molar-refractivity contribution in [3.8, 4) is 22.3 Å². The first-order valence-corrected chi connectivity index (χ1v) is 14.1. The number of hydrogen-bond donors (Lipinski definition) is 1. The molecule has 1 N–H and O–H groups in total. The Hall–Kier alpha value is -5.21. The molecule has 0 saturated carbocycles. The molecule has 0 radical (unpaired) electrons. The summed E-state index contributed by atoms with van der Waals surface area (Å²) in [5, 5.41) is 3.77. The summed E-state index contributed by atoms with van der Waals surface area (Å²) in [6.07, 6.45) is 2.01. The van der Waals surface area contributed by atoms with Crippen molar-refractivity contribution in [2.75, 3.05) is 5.32 Å². The number of fused-ring (bicyclic) bond motifs is 6. The summed E-state index contributed by atoms with van der Waals surface area (Å²) in [7, 11) is 0. The number of carbonyl (C=O) groups excluding carboxylic acids is 1. The number of nitrogens with one attached hydrogen (secondary N) is 1. The summed E-state index contributed by atoms with van der Waals surface area (Å²) < 4.78 is 0. The van der Waals surface area contributed by atoms with Gasteiger partial charge in [0, 0.05) is 35.3 Å². The van der Waals surface area contributed by atoms with Gasteiger partial charge in [-0.2, -0.15) is 0 Å². The third kappa shape index (κ3) is 4.74. The number of benzene rings is 6. The topological polar surface area (TPSA) is 29.1 Å². The molecule has 0 spiro atoms. The first kappa shape index (κ1) is 24.8. The van der Waals surface area contributed by atoms with Crippen molar-refractivity contribution >= 4 is 17.2 Å². The molecule has 0 aliphatic heterocycles. The molecule has 2 nitrogen and oxygen atoms in total. The van der Waals surface area contributed by atoms with E-state index in [9.17, 15) is 4.79 Å². The average Bonchev–Trinajstić information content (AvgIpc) is 3.62. The Morgan fingerprint density at radius 3 is 1.27 bits per heavy atom. The van der Waals surface area contributed by atoms with E-state index in [1.165, 1.54) is 55.9 Å². The van der Waals surface area contributed by atoms with Crippen LogP contribution in [0.1, 0.15) is 38.2 Å². The maximum absolute atomic E-state index is 11.8. The molecule has 0 saturated heterocycles. The van der Waals surface area contributed by atoms with Crippen molar-refractivity contribution < 1.29 is 4.79 Å². The van der Waals surface area contributed by atoms with Crippen LogP contribution in [0.2, 0.25) is 0 Å². The van der Waals surface area contributed by atoms with E-state index >= 15 is 0 Å². The summed E-state index contributed by atoms with van der Waals surface area (Å²) in [4.78, 5) is 11.8. The van der Waals surface area contributed by atoms with Gasteiger partial charge in [-0.25, -0.2) is 0 Å². The van der Waals surface area contributed by atoms with Gasteiger partial charge in [-0.1, -0.05) is 133 Å². The maximum Gasteiger partial charge on any atom is 0.193 e. The maximum atomic E-state index is 11.8. The molecule has 2 aliphatic carbocycles. The third-order valence-corrected chi connectivity index (χ3v) is 8.04. The number of ketones is 1. The fourth-order valence-electron chi connectivity index (χ4n) is 6.04. The molecule has 6 aromatic carbocycles. The van der Waals surface area contributed by atoms with Crippen molar-refractivity contribution in [1.82, 2.24) is 0 Å². The highest BCUT2D eigenvalue weighted by atomic mass is 16.1. The zero-order valence-electron chi connectivity index (χ0n) is 22.7. The Kier molecular flexibility index (Phi) is 6.50. The van der Waals surface area contributed by atoms with Crippen LogP contribution in [0.4, 0.5) is 11.4 Å². The van der Waals surface area contributed by atoms with Gasteiger partial charge in [0.1, 0.15) is 0 Å². The molecule has 0 amide bonds. The summed E-state index contributed by atoms with van der Waals surface area (Å²) >= 11 is 0. The lowest BCUT2D eigenvalue weighted by atomic mass is 10.0. The molecule has 6 aromatic rings. The van der Waals surface area contributed by atoms with E-state index in [0.29, 0.717) is 0 Å². The summed E-state index contributed by atoms with van der Waals surface area (Å²) in [5.74, 6) is 0.0752. The molecule has 8 rings (SSSR count). The van der Waals surface area contributed by atoms with Crippen molar-refractivity contribution in [1.29, 1.82) is 0 Å². The van der Waals surface area contributed by atoms with Gasteiger partial charge in [-0.3, -0.25) is 4.79 Å². The van der Waals surface area contributed by atoms with E-state index in [1.54, 1.807) is 0 Å². The van der Waals surface area contributed by atoms with Crippen LogP contribution in [0.5, 0.6) is 0 Å². The summed E-state index contributed by atoms with van der Waals surface area (Å²) in [5.41, 5.74) is 15.1. The van der Waals surface area contributed by atoms with Crippen molar-refractivity contribution in [3.63, 3.8) is 0 Å². The minimum atomic E-state index is 0.0752. The number of carbonyl (C=O) groups is 1. The van der Waals surface area contributed by atoms with E-state index in [2.05, 4.69) is 90.2 Å². The SMILES string of the molecule is O=C(c1ccccc1)c1ccccc1.c1ccc2c(c1)Cc1c(Nc3cccc4c3Cc3ccccc3-4)cccc1-2. The van der Waals surface area contributed by atoms with Crippen LogP contribution in [-0.4, -0.2) is 5.78 Å². The molecule has 0 bridgehead atoms. The monoisotopic (exact) mass is 527 g/mol. The normalized spacial score (nSPS) is 11.8. The molecule has 0 atom stereocenters. The molecule has 0 heterocycles. The largest absolute Gasteiger partial charge is 0.355 e. The van der Waals surface area contributed by atoms with Crippen molar-refractivity contribution in [2.45, 2.75) is 12.8 Å². The fourth-order valence-corrected chi connectivity index (χ4v) is 6.04. The van der Waals surface area contributed by atoms with E-state index in [4.69, 9.17) is 0 Å². The van der Waals surface area contributed by atoms with Crippen LogP contribution in [0.25, 0.3) is 22.3 Å². The van der Waals surface area contributed by atoms with Crippen LogP contribution in [0.3, 0.4) is 0 Å². The molecule has 41 heavy (non-hydrogen) atoms. The number of hydrogen-bond acceptors (Lipinski definition) is 2. The van der Waals surface area contributed by atoms with E-state index < -0.39 is 0 Å². The predicted octanol–water partition coefficient (Wildman–Crippen LogP) is 9.49. The zero-order chi connectivity index (χ0) is 27.6. The van der Waals surface area contributed by atoms with E-state index in [-0.39, 0.29) is 5.78 Å². The molecule has 196 valence electrons. The van der Waals surface area contributed by atoms with Crippen molar-refractivity contribution in [3.05, 3.63) is 179 Å². The Morgan fingerprint density at radius 2 is 0.805 bits per heavy atom. The molecule has 0 unspecified atom stereocenters. The van der Waals surface area contributed by atoms with Gasteiger partial charge in [0.15, 0.2) is 5.78 Å². The smallest absolute Gasteiger partial charge is 0.193 e. The Labute approximate surface area is 241 Å². The van der Waals surface area contributed by atoms with Gasteiger partial charge in [0.05, 0.1) is 0 Å². The van der Waals surface area contributed by atoms with Crippen LogP contribution >= 0.6 is 0 Å². The van der Waals surface area contributed by atoms with E-state index in [0.717, 1.165) is 24.0 Å². The van der Waals surface area contributed by atoms with Gasteiger partial charge in [-0.05, 0) is 56.6 Å². The average molecular weight is 528 g/mol. The molecule has 2 heteroatoms. The standard InChI is InChI=1S/C26H19N.C13H10O/c1-3-9-19-17(7-1)15-23-21(19)11-5-13-25(23)27-26-14-6-12-22-20-10-4-2-8-18(20)16-24(22)26;14-13(11-7-3-1-4-8-11)12-9-5-2-6-10-12/h1-14,27H,15-16H2;1-10H. The second-order valence-corrected chi connectivity index (χ2v) is 10.5. The fraction of sp³-hybridized carbons (Fsp3) is 0.0513. The second-order valence-electron chi connectivity index (χ2n) is 10.5. The Morgan fingerprint density at radius 1 is 0.415 bits per heavy atom. The van der Waals surface area contributed by atoms with Gasteiger partial charge in [0.25, 0.3) is 0 Å². The number of anilines is 2. The molecule has 2 aliphatic rings. The van der Waals surface area contributed by atoms with Gasteiger partial charge in [0.2, 0.25) is 0 Å². The quantitative estimate of drug-likeness (QED) is 0.231. The van der Waals surface area contributed by atoms with Crippen LogP contribution in [0, 0.1) is 0 Å². The highest BCUT2D eigenvalue weighted by Crippen LogP contribution is 2.44. The first-order valence-electron chi connectivity index (χ1n) is 14.1. The lowest BCUT2D eigenvalue weighted by Gasteiger charge is -2.15. The van der Waals surface area contributed by atoms with Crippen LogP contribution < -0.4 is 5.32 Å². The van der Waals surface area contributed by atoms with Gasteiger partial charge in [-0.15, -0.1) is 0 Å². The van der Waals surface area contributed by atoms with Crippen LogP contribution in [0.15, 0.2) is 146 Å². The highest BCUT2D eigenvalue weighted by molar-refractivity contribution is 6.08. The van der Waals surface area contributed by atoms with Crippen molar-refractivity contribution in [2.24, 2.45) is 0 Å². The summed E-state index contributed by atoms with van der Waals surface area (Å²) in [6, 6.07) is 49.4.